The minimum Gasteiger partial charge on any atom is -0.444 e. The molecule has 0 fully saturated rings. The van der Waals surface area contributed by atoms with Crippen molar-refractivity contribution in [3.63, 3.8) is 0 Å². The van der Waals surface area contributed by atoms with Crippen molar-refractivity contribution in [3.05, 3.63) is 48.7 Å². The summed E-state index contributed by atoms with van der Waals surface area (Å²) in [5.41, 5.74) is 1.99. The second-order valence-corrected chi connectivity index (χ2v) is 7.39. The topological polar surface area (TPSA) is 94.2 Å². The predicted molar refractivity (Wildman–Crippen MR) is 103 cm³/mol. The van der Waals surface area contributed by atoms with Crippen LogP contribution < -0.4 is 0 Å². The molecule has 0 saturated heterocycles. The van der Waals surface area contributed by atoms with Crippen molar-refractivity contribution in [1.29, 1.82) is 0 Å². The van der Waals surface area contributed by atoms with Crippen LogP contribution in [0.25, 0.3) is 22.6 Å². The first-order chi connectivity index (χ1) is 13.2. The van der Waals surface area contributed by atoms with Gasteiger partial charge in [-0.05, 0) is 51.5 Å². The Morgan fingerprint density at radius 3 is 2.46 bits per heavy atom. The lowest BCUT2D eigenvalue weighted by molar-refractivity contribution is 0.0208. The average molecular weight is 381 g/mol. The molecule has 0 spiro atoms. The van der Waals surface area contributed by atoms with Crippen molar-refractivity contribution in [3.8, 4) is 22.6 Å². The van der Waals surface area contributed by atoms with E-state index >= 15 is 0 Å². The summed E-state index contributed by atoms with van der Waals surface area (Å²) in [5.74, 6) is 0.670. The molecule has 3 rings (SSSR count). The van der Waals surface area contributed by atoms with Gasteiger partial charge in [0, 0.05) is 31.2 Å². The summed E-state index contributed by atoms with van der Waals surface area (Å²) in [7, 11) is 1.63. The molecule has 146 valence electrons. The van der Waals surface area contributed by atoms with Crippen LogP contribution in [-0.2, 0) is 4.74 Å². The Bertz CT molecular complexity index is 932. The lowest BCUT2D eigenvalue weighted by atomic mass is 10.1. The fraction of sp³-hybridized carbons (Fsp3) is 0.350. The first-order valence-corrected chi connectivity index (χ1v) is 8.91. The summed E-state index contributed by atoms with van der Waals surface area (Å²) in [6.07, 6.45) is 4.76. The highest BCUT2D eigenvalue weighted by Gasteiger charge is 2.27. The number of ether oxygens (including phenoxy) is 1. The van der Waals surface area contributed by atoms with E-state index in [4.69, 9.17) is 9.26 Å². The van der Waals surface area contributed by atoms with Crippen LogP contribution in [0.5, 0.6) is 0 Å². The third-order valence-electron chi connectivity index (χ3n) is 4.07. The van der Waals surface area contributed by atoms with Gasteiger partial charge >= 0.3 is 6.09 Å². The second kappa shape index (κ2) is 7.75. The monoisotopic (exact) mass is 381 g/mol. The van der Waals surface area contributed by atoms with E-state index < -0.39 is 17.7 Å². The number of hydrogen-bond donors (Lipinski definition) is 0. The molecule has 0 aliphatic rings. The molecule has 0 aliphatic heterocycles. The van der Waals surface area contributed by atoms with Gasteiger partial charge in [0.25, 0.3) is 0 Å². The molecular formula is C20H23N5O3. The molecule has 1 unspecified atom stereocenters. The van der Waals surface area contributed by atoms with Crippen molar-refractivity contribution in [1.82, 2.24) is 25.0 Å². The third-order valence-corrected chi connectivity index (χ3v) is 4.07. The molecule has 8 heteroatoms. The maximum absolute atomic E-state index is 12.2. The van der Waals surface area contributed by atoms with Gasteiger partial charge < -0.3 is 9.26 Å². The molecule has 0 saturated carbocycles. The van der Waals surface area contributed by atoms with Gasteiger partial charge in [-0.1, -0.05) is 11.2 Å². The lowest BCUT2D eigenvalue weighted by Gasteiger charge is -2.26. The lowest BCUT2D eigenvalue weighted by Crippen LogP contribution is -2.35. The Hall–Kier alpha value is -3.29. The van der Waals surface area contributed by atoms with Gasteiger partial charge in [0.1, 0.15) is 17.3 Å². The highest BCUT2D eigenvalue weighted by Crippen LogP contribution is 2.24. The quantitative estimate of drug-likeness (QED) is 0.671. The van der Waals surface area contributed by atoms with Gasteiger partial charge in [-0.25, -0.2) is 4.79 Å². The zero-order valence-electron chi connectivity index (χ0n) is 16.6. The van der Waals surface area contributed by atoms with E-state index in [1.54, 1.807) is 32.6 Å². The minimum absolute atomic E-state index is 0.309. The van der Waals surface area contributed by atoms with Gasteiger partial charge in [-0.15, -0.1) is 0 Å². The van der Waals surface area contributed by atoms with E-state index in [-0.39, 0.29) is 0 Å². The zero-order chi connectivity index (χ0) is 20.3. The van der Waals surface area contributed by atoms with E-state index in [1.165, 1.54) is 4.90 Å². The number of rotatable bonds is 4. The standard InChI is InChI=1S/C20H23N5O3/c1-13(25(5)19(26)27-20(2,3)4)18-23-17(24-28-18)16-7-6-15(12-22-16)14-8-10-21-11-9-14/h6-13H,1-5H3. The molecule has 0 aromatic carbocycles. The highest BCUT2D eigenvalue weighted by molar-refractivity contribution is 5.68. The average Bonchev–Trinajstić information content (AvgIpc) is 3.16. The van der Waals surface area contributed by atoms with Gasteiger partial charge in [0.15, 0.2) is 0 Å². The van der Waals surface area contributed by atoms with Crippen molar-refractivity contribution in [2.24, 2.45) is 0 Å². The molecular weight excluding hydrogens is 358 g/mol. The van der Waals surface area contributed by atoms with Crippen LogP contribution in [-0.4, -0.2) is 43.8 Å². The number of pyridine rings is 2. The molecule has 1 amide bonds. The maximum atomic E-state index is 12.2. The van der Waals surface area contributed by atoms with Gasteiger partial charge in [0.05, 0.1) is 0 Å². The number of amides is 1. The number of nitrogens with zero attached hydrogens (tertiary/aromatic N) is 5. The molecule has 28 heavy (non-hydrogen) atoms. The molecule has 0 radical (unpaired) electrons. The van der Waals surface area contributed by atoms with Crippen molar-refractivity contribution in [2.75, 3.05) is 7.05 Å². The van der Waals surface area contributed by atoms with Crippen molar-refractivity contribution < 1.29 is 14.1 Å². The Kier molecular flexibility index (Phi) is 5.39. The summed E-state index contributed by atoms with van der Waals surface area (Å²) >= 11 is 0. The van der Waals surface area contributed by atoms with Crippen molar-refractivity contribution >= 4 is 6.09 Å². The van der Waals surface area contributed by atoms with E-state index in [0.29, 0.717) is 17.4 Å². The molecule has 0 aliphatic carbocycles. The highest BCUT2D eigenvalue weighted by atomic mass is 16.6. The van der Waals surface area contributed by atoms with Crippen LogP contribution in [0.1, 0.15) is 39.6 Å². The summed E-state index contributed by atoms with van der Waals surface area (Å²) in [4.78, 5) is 26.4. The van der Waals surface area contributed by atoms with Gasteiger partial charge in [-0.3, -0.25) is 14.9 Å². The largest absolute Gasteiger partial charge is 0.444 e. The minimum atomic E-state index is -0.578. The molecule has 3 aromatic rings. The zero-order valence-corrected chi connectivity index (χ0v) is 16.6. The number of hydrogen-bond acceptors (Lipinski definition) is 7. The summed E-state index contributed by atoms with van der Waals surface area (Å²) in [5, 5.41) is 3.99. The number of carbonyl (C=O) groups excluding carboxylic acids is 1. The third kappa shape index (κ3) is 4.51. The van der Waals surface area contributed by atoms with Gasteiger partial charge in [-0.2, -0.15) is 4.98 Å². The second-order valence-electron chi connectivity index (χ2n) is 7.39. The summed E-state index contributed by atoms with van der Waals surface area (Å²) in [6, 6.07) is 7.15. The molecule has 8 nitrogen and oxygen atoms in total. The van der Waals surface area contributed by atoms with E-state index in [2.05, 4.69) is 20.1 Å². The van der Waals surface area contributed by atoms with Crippen LogP contribution in [0.3, 0.4) is 0 Å². The molecule has 3 heterocycles. The smallest absolute Gasteiger partial charge is 0.410 e. The fourth-order valence-electron chi connectivity index (χ4n) is 2.41. The van der Waals surface area contributed by atoms with Crippen LogP contribution in [0, 0.1) is 0 Å². The van der Waals surface area contributed by atoms with Crippen LogP contribution in [0.4, 0.5) is 4.79 Å². The Morgan fingerprint density at radius 1 is 1.14 bits per heavy atom. The Balaban J connectivity index is 1.74. The van der Waals surface area contributed by atoms with Crippen LogP contribution in [0.2, 0.25) is 0 Å². The normalized spacial score (nSPS) is 12.5. The predicted octanol–water partition coefficient (Wildman–Crippen LogP) is 4.12. The first kappa shape index (κ1) is 19.5. The molecule has 0 bridgehead atoms. The van der Waals surface area contributed by atoms with Crippen LogP contribution in [0.15, 0.2) is 47.4 Å². The van der Waals surface area contributed by atoms with Crippen molar-refractivity contribution in [2.45, 2.75) is 39.3 Å². The van der Waals surface area contributed by atoms with Gasteiger partial charge in [0.2, 0.25) is 11.7 Å². The maximum Gasteiger partial charge on any atom is 0.410 e. The Labute approximate surface area is 163 Å². The number of aromatic nitrogens is 4. The van der Waals surface area contributed by atoms with Crippen LogP contribution >= 0.6 is 0 Å². The first-order valence-electron chi connectivity index (χ1n) is 8.91. The van der Waals surface area contributed by atoms with E-state index in [0.717, 1.165) is 11.1 Å². The summed E-state index contributed by atoms with van der Waals surface area (Å²) < 4.78 is 10.7. The molecule has 1 atom stereocenters. The SMILES string of the molecule is CC(c1nc(-c2ccc(-c3ccncc3)cn2)no1)N(C)C(=O)OC(C)(C)C. The fourth-order valence-corrected chi connectivity index (χ4v) is 2.41. The number of carbonyl (C=O) groups is 1. The van der Waals surface area contributed by atoms with E-state index in [9.17, 15) is 4.79 Å². The van der Waals surface area contributed by atoms with E-state index in [1.807, 2.05) is 45.0 Å². The summed E-state index contributed by atoms with van der Waals surface area (Å²) in [6.45, 7) is 7.24. The molecule has 3 aromatic heterocycles. The Morgan fingerprint density at radius 2 is 1.86 bits per heavy atom. The molecule has 0 N–H and O–H groups in total.